The average Bonchev–Trinajstić information content (AvgIpc) is 3.19. The highest BCUT2D eigenvalue weighted by molar-refractivity contribution is 7.13. The van der Waals surface area contributed by atoms with Gasteiger partial charge in [0.05, 0.1) is 10.7 Å². The highest BCUT2D eigenvalue weighted by atomic mass is 32.1. The zero-order valence-corrected chi connectivity index (χ0v) is 16.5. The van der Waals surface area contributed by atoms with E-state index in [-0.39, 0.29) is 5.91 Å². The minimum atomic E-state index is 0.176. The number of hydrogen-bond donors (Lipinski definition) is 0. The van der Waals surface area contributed by atoms with E-state index in [2.05, 4.69) is 29.1 Å². The summed E-state index contributed by atoms with van der Waals surface area (Å²) in [6, 6.07) is 10.3. The van der Waals surface area contributed by atoms with Gasteiger partial charge in [0.2, 0.25) is 0 Å². The van der Waals surface area contributed by atoms with E-state index in [1.54, 1.807) is 11.3 Å². The van der Waals surface area contributed by atoms with Gasteiger partial charge in [-0.05, 0) is 51.8 Å². The predicted octanol–water partition coefficient (Wildman–Crippen LogP) is 3.74. The highest BCUT2D eigenvalue weighted by Crippen LogP contribution is 2.37. The van der Waals surface area contributed by atoms with Crippen molar-refractivity contribution >= 4 is 17.2 Å². The van der Waals surface area contributed by atoms with Crippen LogP contribution in [-0.4, -0.2) is 52.9 Å². The van der Waals surface area contributed by atoms with Crippen LogP contribution in [0.15, 0.2) is 30.3 Å². The Bertz CT molecular complexity index is 778. The molecule has 2 aliphatic heterocycles. The lowest BCUT2D eigenvalue weighted by atomic mass is 9.85. The van der Waals surface area contributed by atoms with Gasteiger partial charge >= 0.3 is 0 Å². The molecule has 1 spiro atoms. The number of likely N-dealkylation sites (tertiary alicyclic amines) is 2. The van der Waals surface area contributed by atoms with E-state index < -0.39 is 0 Å². The molecule has 5 heteroatoms. The molecule has 4 rings (SSSR count). The van der Waals surface area contributed by atoms with Gasteiger partial charge in [0, 0.05) is 25.0 Å². The van der Waals surface area contributed by atoms with Gasteiger partial charge in [-0.2, -0.15) is 0 Å². The van der Waals surface area contributed by atoms with E-state index in [1.165, 1.54) is 24.9 Å². The highest BCUT2D eigenvalue weighted by Gasteiger charge is 2.42. The molecule has 2 aromatic rings. The second-order valence-corrected chi connectivity index (χ2v) is 8.81. The van der Waals surface area contributed by atoms with Crippen LogP contribution in [0.25, 0.3) is 0 Å². The zero-order valence-electron chi connectivity index (χ0n) is 15.7. The van der Waals surface area contributed by atoms with E-state index in [9.17, 15) is 4.79 Å². The van der Waals surface area contributed by atoms with E-state index >= 15 is 0 Å². The molecule has 4 nitrogen and oxygen atoms in total. The minimum absolute atomic E-state index is 0.176. The average molecular weight is 370 g/mol. The first-order chi connectivity index (χ1) is 12.6. The van der Waals surface area contributed by atoms with Crippen LogP contribution in [0.3, 0.4) is 0 Å². The second-order valence-electron chi connectivity index (χ2n) is 7.73. The number of piperidine rings is 1. The van der Waals surface area contributed by atoms with Gasteiger partial charge < -0.3 is 9.80 Å². The fraction of sp³-hybridized carbons (Fsp3) is 0.524. The van der Waals surface area contributed by atoms with E-state index in [1.807, 2.05) is 30.0 Å². The monoisotopic (exact) mass is 369 g/mol. The number of nitrogens with zero attached hydrogens (tertiary/aromatic N) is 3. The molecule has 0 bridgehead atoms. The summed E-state index contributed by atoms with van der Waals surface area (Å²) < 4.78 is 0. The predicted molar refractivity (Wildman–Crippen MR) is 106 cm³/mol. The maximum atomic E-state index is 13.1. The summed E-state index contributed by atoms with van der Waals surface area (Å²) in [5, 5.41) is 1.03. The number of benzene rings is 1. The standard InChI is InChI=1S/C21H27N3OS/c1-16-19(26-18(22-16)15-17-7-4-3-5-8-17)20(25)24-13-10-21(11-14-24)9-6-12-23(21)2/h3-5,7-8H,6,9-15H2,1-2H3. The SMILES string of the molecule is Cc1nc(Cc2ccccc2)sc1C(=O)N1CCC2(CCCN2C)CC1. The smallest absolute Gasteiger partial charge is 0.265 e. The lowest BCUT2D eigenvalue weighted by Gasteiger charge is -2.43. The van der Waals surface area contributed by atoms with Crippen LogP contribution in [0.1, 0.15) is 51.6 Å². The molecule has 3 heterocycles. The van der Waals surface area contributed by atoms with Gasteiger partial charge in [0.15, 0.2) is 0 Å². The van der Waals surface area contributed by atoms with Crippen LogP contribution in [0.4, 0.5) is 0 Å². The summed E-state index contributed by atoms with van der Waals surface area (Å²) in [5.41, 5.74) is 2.46. The first-order valence-corrected chi connectivity index (χ1v) is 10.4. The lowest BCUT2D eigenvalue weighted by Crippen LogP contribution is -2.51. The number of hydrogen-bond acceptors (Lipinski definition) is 4. The van der Waals surface area contributed by atoms with Crippen molar-refractivity contribution in [2.24, 2.45) is 0 Å². The molecule has 0 aliphatic carbocycles. The Balaban J connectivity index is 1.44. The summed E-state index contributed by atoms with van der Waals surface area (Å²) in [6.07, 6.45) is 5.58. The number of amides is 1. The molecule has 0 atom stereocenters. The summed E-state index contributed by atoms with van der Waals surface area (Å²) in [7, 11) is 2.24. The molecule has 0 radical (unpaired) electrons. The number of thiazole rings is 1. The van der Waals surface area contributed by atoms with Crippen LogP contribution in [0.5, 0.6) is 0 Å². The molecule has 1 amide bonds. The third kappa shape index (κ3) is 3.30. The maximum Gasteiger partial charge on any atom is 0.265 e. The molecule has 0 unspecified atom stereocenters. The molecule has 0 saturated carbocycles. The van der Waals surface area contributed by atoms with Crippen molar-refractivity contribution in [3.05, 3.63) is 51.5 Å². The quantitative estimate of drug-likeness (QED) is 0.827. The zero-order chi connectivity index (χ0) is 18.1. The van der Waals surface area contributed by atoms with Crippen molar-refractivity contribution < 1.29 is 4.79 Å². The van der Waals surface area contributed by atoms with Gasteiger partial charge in [-0.25, -0.2) is 4.98 Å². The van der Waals surface area contributed by atoms with Crippen molar-refractivity contribution in [3.63, 3.8) is 0 Å². The topological polar surface area (TPSA) is 36.4 Å². The first-order valence-electron chi connectivity index (χ1n) is 9.58. The van der Waals surface area contributed by atoms with Gasteiger partial charge in [-0.1, -0.05) is 30.3 Å². The third-order valence-corrected chi connectivity index (χ3v) is 7.31. The molecule has 0 N–H and O–H groups in total. The molecule has 26 heavy (non-hydrogen) atoms. The fourth-order valence-electron chi connectivity index (χ4n) is 4.47. The van der Waals surface area contributed by atoms with E-state index in [0.717, 1.165) is 47.9 Å². The molecular formula is C21H27N3OS. The molecule has 2 aliphatic rings. The summed E-state index contributed by atoms with van der Waals surface area (Å²) >= 11 is 1.57. The van der Waals surface area contributed by atoms with Crippen molar-refractivity contribution in [2.75, 3.05) is 26.7 Å². The van der Waals surface area contributed by atoms with Crippen molar-refractivity contribution in [1.82, 2.24) is 14.8 Å². The minimum Gasteiger partial charge on any atom is -0.338 e. The van der Waals surface area contributed by atoms with Gasteiger partial charge in [0.1, 0.15) is 4.88 Å². The fourth-order valence-corrected chi connectivity index (χ4v) is 5.54. The van der Waals surface area contributed by atoms with Crippen LogP contribution < -0.4 is 0 Å². The number of aryl methyl sites for hydroxylation is 1. The van der Waals surface area contributed by atoms with Crippen molar-refractivity contribution in [2.45, 2.75) is 44.6 Å². The second kappa shape index (κ2) is 7.12. The maximum absolute atomic E-state index is 13.1. The summed E-state index contributed by atoms with van der Waals surface area (Å²) in [5.74, 6) is 0.176. The Morgan fingerprint density at radius 3 is 2.54 bits per heavy atom. The number of carbonyl (C=O) groups is 1. The Morgan fingerprint density at radius 2 is 1.88 bits per heavy atom. The third-order valence-electron chi connectivity index (χ3n) is 6.16. The van der Waals surface area contributed by atoms with Crippen LogP contribution >= 0.6 is 11.3 Å². The van der Waals surface area contributed by atoms with Crippen molar-refractivity contribution in [3.8, 4) is 0 Å². The molecular weight excluding hydrogens is 342 g/mol. The Labute approximate surface area is 159 Å². The molecule has 2 saturated heterocycles. The van der Waals surface area contributed by atoms with Gasteiger partial charge in [0.25, 0.3) is 5.91 Å². The molecule has 1 aromatic carbocycles. The van der Waals surface area contributed by atoms with E-state index in [4.69, 9.17) is 0 Å². The molecule has 1 aromatic heterocycles. The van der Waals surface area contributed by atoms with Crippen LogP contribution in [0, 0.1) is 6.92 Å². The largest absolute Gasteiger partial charge is 0.338 e. The lowest BCUT2D eigenvalue weighted by molar-refractivity contribution is 0.0495. The summed E-state index contributed by atoms with van der Waals surface area (Å²) in [4.78, 5) is 23.1. The van der Waals surface area contributed by atoms with Gasteiger partial charge in [-0.15, -0.1) is 11.3 Å². The van der Waals surface area contributed by atoms with Gasteiger partial charge in [-0.3, -0.25) is 4.79 Å². The number of aromatic nitrogens is 1. The Kier molecular flexibility index (Phi) is 4.84. The Morgan fingerprint density at radius 1 is 1.15 bits per heavy atom. The Hall–Kier alpha value is -1.72. The number of rotatable bonds is 3. The number of carbonyl (C=O) groups excluding carboxylic acids is 1. The molecule has 138 valence electrons. The van der Waals surface area contributed by atoms with Crippen LogP contribution in [0.2, 0.25) is 0 Å². The summed E-state index contributed by atoms with van der Waals surface area (Å²) in [6.45, 7) is 4.90. The van der Waals surface area contributed by atoms with Crippen LogP contribution in [-0.2, 0) is 6.42 Å². The first kappa shape index (κ1) is 17.7. The van der Waals surface area contributed by atoms with Crippen molar-refractivity contribution in [1.29, 1.82) is 0 Å². The normalized spacial score (nSPS) is 20.0. The molecule has 2 fully saturated rings. The van der Waals surface area contributed by atoms with E-state index in [0.29, 0.717) is 5.54 Å².